The first-order valence-corrected chi connectivity index (χ1v) is 10.5. The van der Waals surface area contributed by atoms with Crippen molar-refractivity contribution in [1.82, 2.24) is 9.88 Å². The number of halogens is 1. The lowest BCUT2D eigenvalue weighted by molar-refractivity contribution is -0.147. The second kappa shape index (κ2) is 10.7. The number of carbonyl (C=O) groups is 3. The molecular weight excluding hydrogens is 446 g/mol. The number of nitrogens with zero attached hydrogens (tertiary/aromatic N) is 2. The van der Waals surface area contributed by atoms with E-state index in [9.17, 15) is 14.4 Å². The summed E-state index contributed by atoms with van der Waals surface area (Å²) in [5.41, 5.74) is 2.23. The molecule has 33 heavy (non-hydrogen) atoms. The van der Waals surface area contributed by atoms with Crippen LogP contribution in [0.25, 0.3) is 10.9 Å². The molecule has 0 bridgehead atoms. The summed E-state index contributed by atoms with van der Waals surface area (Å²) in [5, 5.41) is 12.2. The van der Waals surface area contributed by atoms with Crippen LogP contribution in [-0.4, -0.2) is 42.6 Å². The molecule has 1 heterocycles. The Hall–Kier alpha value is -3.83. The molecule has 3 rings (SSSR count). The van der Waals surface area contributed by atoms with Crippen LogP contribution in [0.3, 0.4) is 0 Å². The van der Waals surface area contributed by atoms with Crippen LogP contribution in [0.1, 0.15) is 28.0 Å². The Bertz CT molecular complexity index is 1240. The van der Waals surface area contributed by atoms with Crippen molar-refractivity contribution in [3.8, 4) is 11.8 Å². The molecule has 0 aliphatic carbocycles. The normalized spacial score (nSPS) is 10.5. The van der Waals surface area contributed by atoms with Crippen LogP contribution < -0.4 is 10.1 Å². The predicted molar refractivity (Wildman–Crippen MR) is 122 cm³/mol. The molecule has 9 heteroatoms. The zero-order valence-corrected chi connectivity index (χ0v) is 18.9. The summed E-state index contributed by atoms with van der Waals surface area (Å²) in [6.07, 6.45) is 0.0315. The molecule has 0 unspecified atom stereocenters. The molecule has 170 valence electrons. The highest BCUT2D eigenvalue weighted by Crippen LogP contribution is 2.31. The SMILES string of the molecule is COc1ccc2c(c1)c(CC(=O)OCC(=O)NCCC#N)c(C)n2C(=O)c1ccc(Cl)cc1. The number of carbonyl (C=O) groups excluding carboxylic acids is 3. The van der Waals surface area contributed by atoms with E-state index in [2.05, 4.69) is 5.32 Å². The third-order valence-corrected chi connectivity index (χ3v) is 5.33. The van der Waals surface area contributed by atoms with Gasteiger partial charge in [0.15, 0.2) is 6.61 Å². The molecule has 1 amide bonds. The summed E-state index contributed by atoms with van der Waals surface area (Å²) in [6.45, 7) is 1.48. The quantitative estimate of drug-likeness (QED) is 0.401. The summed E-state index contributed by atoms with van der Waals surface area (Å²) >= 11 is 5.94. The van der Waals surface area contributed by atoms with E-state index >= 15 is 0 Å². The monoisotopic (exact) mass is 467 g/mol. The Morgan fingerprint density at radius 3 is 2.55 bits per heavy atom. The lowest BCUT2D eigenvalue weighted by atomic mass is 10.1. The number of rotatable bonds is 8. The summed E-state index contributed by atoms with van der Waals surface area (Å²) in [4.78, 5) is 37.5. The van der Waals surface area contributed by atoms with Crippen LogP contribution in [0, 0.1) is 18.3 Å². The van der Waals surface area contributed by atoms with E-state index in [1.807, 2.05) is 6.07 Å². The van der Waals surface area contributed by atoms with E-state index in [0.29, 0.717) is 38.5 Å². The van der Waals surface area contributed by atoms with E-state index in [-0.39, 0.29) is 25.3 Å². The van der Waals surface area contributed by atoms with E-state index < -0.39 is 18.5 Å². The molecule has 3 aromatic rings. The number of methoxy groups -OCH3 is 1. The van der Waals surface area contributed by atoms with Crippen LogP contribution in [-0.2, 0) is 20.7 Å². The van der Waals surface area contributed by atoms with E-state index in [1.54, 1.807) is 49.4 Å². The van der Waals surface area contributed by atoms with Crippen molar-refractivity contribution in [1.29, 1.82) is 5.26 Å². The number of aromatic nitrogens is 1. The largest absolute Gasteiger partial charge is 0.497 e. The van der Waals surface area contributed by atoms with Gasteiger partial charge in [0, 0.05) is 28.2 Å². The first kappa shape index (κ1) is 23.8. The maximum absolute atomic E-state index is 13.3. The third kappa shape index (κ3) is 5.51. The number of nitrogens with one attached hydrogen (secondary N) is 1. The standard InChI is InChI=1S/C24H22ClN3O5/c1-15-19(13-23(30)33-14-22(29)27-11-3-10-26)20-12-18(32-2)8-9-21(20)28(15)24(31)16-4-6-17(25)7-5-16/h4-9,12H,3,11,13-14H2,1-2H3,(H,27,29). The lowest BCUT2D eigenvalue weighted by Crippen LogP contribution is -2.29. The fourth-order valence-electron chi connectivity index (χ4n) is 3.45. The molecule has 8 nitrogen and oxygen atoms in total. The van der Waals surface area contributed by atoms with Crippen molar-refractivity contribution in [2.75, 3.05) is 20.3 Å². The highest BCUT2D eigenvalue weighted by atomic mass is 35.5. The third-order valence-electron chi connectivity index (χ3n) is 5.08. The fourth-order valence-corrected chi connectivity index (χ4v) is 3.57. The zero-order chi connectivity index (χ0) is 24.0. The molecule has 0 saturated heterocycles. The molecule has 0 saturated carbocycles. The second-order valence-electron chi connectivity index (χ2n) is 7.19. The van der Waals surface area contributed by atoms with Crippen LogP contribution in [0.2, 0.25) is 5.02 Å². The molecule has 0 radical (unpaired) electrons. The molecule has 0 spiro atoms. The number of hydrogen-bond donors (Lipinski definition) is 1. The average Bonchev–Trinajstić information content (AvgIpc) is 3.08. The summed E-state index contributed by atoms with van der Waals surface area (Å²) in [5.74, 6) is -0.799. The minimum atomic E-state index is -0.616. The highest BCUT2D eigenvalue weighted by Gasteiger charge is 2.22. The Kier molecular flexibility index (Phi) is 7.70. The van der Waals surface area contributed by atoms with Crippen molar-refractivity contribution in [2.24, 2.45) is 0 Å². The number of fused-ring (bicyclic) bond motifs is 1. The van der Waals surface area contributed by atoms with Gasteiger partial charge in [0.05, 0.1) is 31.5 Å². The first-order chi connectivity index (χ1) is 15.8. The van der Waals surface area contributed by atoms with Gasteiger partial charge >= 0.3 is 5.97 Å². The number of benzene rings is 2. The van der Waals surface area contributed by atoms with Crippen LogP contribution in [0.5, 0.6) is 5.75 Å². The number of esters is 1. The number of ether oxygens (including phenoxy) is 2. The topological polar surface area (TPSA) is 110 Å². The van der Waals surface area contributed by atoms with Gasteiger partial charge in [0.1, 0.15) is 5.75 Å². The van der Waals surface area contributed by atoms with E-state index in [4.69, 9.17) is 26.3 Å². The molecule has 0 aliphatic rings. The number of hydrogen-bond acceptors (Lipinski definition) is 6. The minimum absolute atomic E-state index is 0.137. The van der Waals surface area contributed by atoms with E-state index in [1.165, 1.54) is 11.7 Å². The van der Waals surface area contributed by atoms with Gasteiger partial charge in [0.2, 0.25) is 0 Å². The molecule has 2 aromatic carbocycles. The average molecular weight is 468 g/mol. The summed E-state index contributed by atoms with van der Waals surface area (Å²) < 4.78 is 11.9. The summed E-state index contributed by atoms with van der Waals surface area (Å²) in [6, 6.07) is 13.7. The Morgan fingerprint density at radius 2 is 1.88 bits per heavy atom. The van der Waals surface area contributed by atoms with Crippen LogP contribution in [0.4, 0.5) is 0 Å². The van der Waals surface area contributed by atoms with Gasteiger partial charge < -0.3 is 14.8 Å². The molecule has 1 aromatic heterocycles. The number of nitriles is 1. The second-order valence-corrected chi connectivity index (χ2v) is 7.63. The van der Waals surface area contributed by atoms with Gasteiger partial charge in [-0.2, -0.15) is 5.26 Å². The molecular formula is C24H22ClN3O5. The zero-order valence-electron chi connectivity index (χ0n) is 18.2. The molecule has 0 atom stereocenters. The molecule has 0 aliphatic heterocycles. The molecule has 1 N–H and O–H groups in total. The van der Waals surface area contributed by atoms with Crippen molar-refractivity contribution in [2.45, 2.75) is 19.8 Å². The summed E-state index contributed by atoms with van der Waals surface area (Å²) in [7, 11) is 1.53. The van der Waals surface area contributed by atoms with Crippen molar-refractivity contribution >= 4 is 40.3 Å². The van der Waals surface area contributed by atoms with Crippen molar-refractivity contribution in [3.63, 3.8) is 0 Å². The predicted octanol–water partition coefficient (Wildman–Crippen LogP) is 3.42. The van der Waals surface area contributed by atoms with Gasteiger partial charge in [-0.05, 0) is 55.0 Å². The Balaban J connectivity index is 1.89. The van der Waals surface area contributed by atoms with Crippen molar-refractivity contribution in [3.05, 3.63) is 64.3 Å². The maximum atomic E-state index is 13.3. The van der Waals surface area contributed by atoms with Gasteiger partial charge in [-0.1, -0.05) is 11.6 Å². The highest BCUT2D eigenvalue weighted by molar-refractivity contribution is 6.30. The number of amides is 1. The van der Waals surface area contributed by atoms with Crippen LogP contribution in [0.15, 0.2) is 42.5 Å². The van der Waals surface area contributed by atoms with Gasteiger partial charge in [-0.3, -0.25) is 19.0 Å². The van der Waals surface area contributed by atoms with E-state index in [0.717, 1.165) is 0 Å². The van der Waals surface area contributed by atoms with Crippen LogP contribution >= 0.6 is 11.6 Å². The minimum Gasteiger partial charge on any atom is -0.497 e. The fraction of sp³-hybridized carbons (Fsp3) is 0.250. The molecule has 0 fully saturated rings. The lowest BCUT2D eigenvalue weighted by Gasteiger charge is -2.08. The first-order valence-electron chi connectivity index (χ1n) is 10.1. The Morgan fingerprint density at radius 1 is 1.15 bits per heavy atom. The smallest absolute Gasteiger partial charge is 0.310 e. The Labute approximate surface area is 195 Å². The van der Waals surface area contributed by atoms with Crippen molar-refractivity contribution < 1.29 is 23.9 Å². The van der Waals surface area contributed by atoms with Gasteiger partial charge in [-0.15, -0.1) is 0 Å². The van der Waals surface area contributed by atoms with Gasteiger partial charge in [-0.25, -0.2) is 0 Å². The maximum Gasteiger partial charge on any atom is 0.310 e. The van der Waals surface area contributed by atoms with Gasteiger partial charge in [0.25, 0.3) is 11.8 Å².